The van der Waals surface area contributed by atoms with Gasteiger partial charge in [0, 0.05) is 29.6 Å². The topological polar surface area (TPSA) is 57.6 Å². The van der Waals surface area contributed by atoms with Gasteiger partial charge in [0.1, 0.15) is 12.6 Å². The molecule has 146 valence electrons. The highest BCUT2D eigenvalue weighted by atomic mass is 79.9. The van der Waals surface area contributed by atoms with Crippen molar-refractivity contribution in [3.8, 4) is 0 Å². The number of benzene rings is 2. The molecule has 0 bridgehead atoms. The van der Waals surface area contributed by atoms with Crippen LogP contribution in [-0.4, -0.2) is 42.3 Å². The van der Waals surface area contributed by atoms with E-state index in [0.29, 0.717) is 0 Å². The third-order valence-corrected chi connectivity index (χ3v) is 4.58. The zero-order chi connectivity index (χ0) is 19.9. The number of aliphatic hydroxyl groups excluding tert-OH is 1. The molecular weight excluding hydrogens is 406 g/mol. The Morgan fingerprint density at radius 1 is 0.963 bits per heavy atom. The van der Waals surface area contributed by atoms with Crippen LogP contribution in [0.1, 0.15) is 51.6 Å². The van der Waals surface area contributed by atoms with Crippen molar-refractivity contribution in [1.82, 2.24) is 4.90 Å². The molecule has 1 heterocycles. The number of hydrogen-bond donors (Lipinski definition) is 1. The van der Waals surface area contributed by atoms with Crippen LogP contribution in [0.2, 0.25) is 0 Å². The molecular formula is C22H28BrNO3. The van der Waals surface area contributed by atoms with E-state index in [9.17, 15) is 9.59 Å². The normalized spacial score (nSPS) is 13.0. The predicted molar refractivity (Wildman–Crippen MR) is 114 cm³/mol. The number of alkyl halides is 1. The van der Waals surface area contributed by atoms with Crippen molar-refractivity contribution in [2.75, 3.05) is 19.7 Å². The second-order valence-electron chi connectivity index (χ2n) is 6.16. The summed E-state index contributed by atoms with van der Waals surface area (Å²) in [6.45, 7) is 5.32. The van der Waals surface area contributed by atoms with Gasteiger partial charge >= 0.3 is 0 Å². The first kappa shape index (κ1) is 23.2. The standard InChI is InChI=1S/C12H15NO.C8H7BrO.C2H6O/c14-10-12-5-3-4-11(8-12)9-13-6-1-2-7-13;9-5-7-2-1-3-8(4-7)6-10;1-2-3/h3-5,8,10H,1-2,6-7,9H2;1-4,6H,5H2;3H,2H2,1H3. The molecule has 4 nitrogen and oxygen atoms in total. The molecule has 2 aromatic rings. The molecule has 27 heavy (non-hydrogen) atoms. The van der Waals surface area contributed by atoms with Crippen molar-refractivity contribution in [3.63, 3.8) is 0 Å². The summed E-state index contributed by atoms with van der Waals surface area (Å²) in [4.78, 5) is 23.3. The first-order chi connectivity index (χ1) is 13.2. The lowest BCUT2D eigenvalue weighted by atomic mass is 10.1. The lowest BCUT2D eigenvalue weighted by Crippen LogP contribution is -2.18. The van der Waals surface area contributed by atoms with E-state index in [2.05, 4.69) is 26.9 Å². The van der Waals surface area contributed by atoms with Crippen molar-refractivity contribution in [3.05, 3.63) is 70.8 Å². The Morgan fingerprint density at radius 2 is 1.44 bits per heavy atom. The van der Waals surface area contributed by atoms with Gasteiger partial charge in [-0.3, -0.25) is 14.5 Å². The smallest absolute Gasteiger partial charge is 0.150 e. The maximum Gasteiger partial charge on any atom is 0.150 e. The number of likely N-dealkylation sites (tertiary alicyclic amines) is 1. The molecule has 0 radical (unpaired) electrons. The summed E-state index contributed by atoms with van der Waals surface area (Å²) < 4.78 is 0. The quantitative estimate of drug-likeness (QED) is 0.557. The molecule has 1 aliphatic heterocycles. The number of aldehydes is 2. The van der Waals surface area contributed by atoms with Gasteiger partial charge in [0.05, 0.1) is 0 Å². The van der Waals surface area contributed by atoms with Crippen molar-refractivity contribution < 1.29 is 14.7 Å². The van der Waals surface area contributed by atoms with Crippen molar-refractivity contribution in [1.29, 1.82) is 0 Å². The lowest BCUT2D eigenvalue weighted by molar-refractivity contribution is 0.111. The van der Waals surface area contributed by atoms with Gasteiger partial charge in [0.25, 0.3) is 0 Å². The molecule has 2 aromatic carbocycles. The van der Waals surface area contributed by atoms with E-state index in [1.807, 2.05) is 36.4 Å². The summed E-state index contributed by atoms with van der Waals surface area (Å²) in [7, 11) is 0. The molecule has 0 spiro atoms. The predicted octanol–water partition coefficient (Wildman–Crippen LogP) is 4.49. The fourth-order valence-corrected chi connectivity index (χ4v) is 3.06. The molecule has 5 heteroatoms. The number of carbonyl (C=O) groups is 2. The molecule has 0 unspecified atom stereocenters. The highest BCUT2D eigenvalue weighted by Gasteiger charge is 2.11. The Morgan fingerprint density at radius 3 is 1.93 bits per heavy atom. The maximum atomic E-state index is 10.6. The fourth-order valence-electron chi connectivity index (χ4n) is 2.71. The van der Waals surface area contributed by atoms with Gasteiger partial charge < -0.3 is 5.11 Å². The third-order valence-electron chi connectivity index (χ3n) is 3.93. The molecule has 0 amide bonds. The van der Waals surface area contributed by atoms with Crippen LogP contribution in [0, 0.1) is 0 Å². The summed E-state index contributed by atoms with van der Waals surface area (Å²) in [6.07, 6.45) is 4.39. The first-order valence-corrected chi connectivity index (χ1v) is 10.3. The Bertz CT molecular complexity index is 685. The number of aliphatic hydroxyl groups is 1. The van der Waals surface area contributed by atoms with Gasteiger partial charge in [-0.25, -0.2) is 0 Å². The van der Waals surface area contributed by atoms with E-state index >= 15 is 0 Å². The molecule has 1 fully saturated rings. The van der Waals surface area contributed by atoms with E-state index in [4.69, 9.17) is 5.11 Å². The Kier molecular flexibility index (Phi) is 12.3. The van der Waals surface area contributed by atoms with Gasteiger partial charge in [-0.15, -0.1) is 0 Å². The summed E-state index contributed by atoms with van der Waals surface area (Å²) in [6, 6.07) is 15.4. The summed E-state index contributed by atoms with van der Waals surface area (Å²) in [5.41, 5.74) is 3.89. The van der Waals surface area contributed by atoms with E-state index < -0.39 is 0 Å². The maximum absolute atomic E-state index is 10.6. The first-order valence-electron chi connectivity index (χ1n) is 9.14. The van der Waals surface area contributed by atoms with E-state index in [1.54, 1.807) is 13.0 Å². The monoisotopic (exact) mass is 433 g/mol. The molecule has 0 aliphatic carbocycles. The van der Waals surface area contributed by atoms with Gasteiger partial charge in [-0.2, -0.15) is 0 Å². The molecule has 3 rings (SSSR count). The molecule has 0 saturated carbocycles. The Hall–Kier alpha value is -1.82. The van der Waals surface area contributed by atoms with Crippen LogP contribution in [-0.2, 0) is 11.9 Å². The number of carbonyl (C=O) groups excluding carboxylic acids is 2. The largest absolute Gasteiger partial charge is 0.397 e. The Labute approximate surface area is 170 Å². The van der Waals surface area contributed by atoms with Crippen molar-refractivity contribution in [2.24, 2.45) is 0 Å². The van der Waals surface area contributed by atoms with Crippen LogP contribution in [0.3, 0.4) is 0 Å². The van der Waals surface area contributed by atoms with Crippen LogP contribution >= 0.6 is 15.9 Å². The fraction of sp³-hybridized carbons (Fsp3) is 0.364. The highest BCUT2D eigenvalue weighted by molar-refractivity contribution is 9.08. The van der Waals surface area contributed by atoms with Crippen molar-refractivity contribution in [2.45, 2.75) is 31.6 Å². The van der Waals surface area contributed by atoms with Crippen LogP contribution < -0.4 is 0 Å². The Balaban J connectivity index is 0.000000246. The lowest BCUT2D eigenvalue weighted by Gasteiger charge is -2.14. The van der Waals surface area contributed by atoms with Crippen LogP contribution in [0.15, 0.2) is 48.5 Å². The zero-order valence-electron chi connectivity index (χ0n) is 15.8. The number of nitrogens with zero attached hydrogens (tertiary/aromatic N) is 1. The average Bonchev–Trinajstić information content (AvgIpc) is 3.22. The third kappa shape index (κ3) is 9.61. The highest BCUT2D eigenvalue weighted by Crippen LogP contribution is 2.13. The second kappa shape index (κ2) is 14.3. The average molecular weight is 434 g/mol. The van der Waals surface area contributed by atoms with Gasteiger partial charge in [-0.1, -0.05) is 52.3 Å². The van der Waals surface area contributed by atoms with Gasteiger partial charge in [0.15, 0.2) is 0 Å². The van der Waals surface area contributed by atoms with Gasteiger partial charge in [-0.05, 0) is 56.1 Å². The molecule has 1 N–H and O–H groups in total. The molecule has 1 aliphatic rings. The second-order valence-corrected chi connectivity index (χ2v) is 6.72. The molecule has 1 saturated heterocycles. The number of hydrogen-bond acceptors (Lipinski definition) is 4. The summed E-state index contributed by atoms with van der Waals surface area (Å²) in [5, 5.41) is 8.37. The van der Waals surface area contributed by atoms with Crippen LogP contribution in [0.4, 0.5) is 0 Å². The minimum Gasteiger partial charge on any atom is -0.397 e. The molecule has 0 atom stereocenters. The summed E-state index contributed by atoms with van der Waals surface area (Å²) in [5.74, 6) is 0. The van der Waals surface area contributed by atoms with Crippen molar-refractivity contribution >= 4 is 28.5 Å². The number of rotatable bonds is 5. The van der Waals surface area contributed by atoms with E-state index in [0.717, 1.165) is 41.1 Å². The number of halogens is 1. The minimum atomic E-state index is 0.250. The molecule has 0 aromatic heterocycles. The van der Waals surface area contributed by atoms with Crippen LogP contribution in [0.5, 0.6) is 0 Å². The minimum absolute atomic E-state index is 0.250. The SMILES string of the molecule is CCO.O=Cc1cccc(CBr)c1.O=Cc1cccc(CN2CCCC2)c1. The zero-order valence-corrected chi connectivity index (χ0v) is 17.4. The van der Waals surface area contributed by atoms with E-state index in [1.165, 1.54) is 31.5 Å². The van der Waals surface area contributed by atoms with E-state index in [-0.39, 0.29) is 6.61 Å². The van der Waals surface area contributed by atoms with Gasteiger partial charge in [0.2, 0.25) is 0 Å². The van der Waals surface area contributed by atoms with Crippen LogP contribution in [0.25, 0.3) is 0 Å². The summed E-state index contributed by atoms with van der Waals surface area (Å²) >= 11 is 3.30.